The quantitative estimate of drug-likeness (QED) is 0.0534. The van der Waals surface area contributed by atoms with E-state index >= 15 is 0 Å². The number of anilines is 1. The Morgan fingerprint density at radius 3 is 2.82 bits per heavy atom. The van der Waals surface area contributed by atoms with Crippen molar-refractivity contribution in [2.24, 2.45) is 28.3 Å². The van der Waals surface area contributed by atoms with Gasteiger partial charge in [-0.3, -0.25) is 10.1 Å². The molecular weight excluding hydrogens is 566 g/mol. The minimum absolute atomic E-state index is 0.112. The third kappa shape index (κ3) is 9.21. The molecule has 3 fully saturated rings. The number of rotatable bonds is 14. The molecule has 9 heteroatoms. The minimum Gasteiger partial charge on any atom is -0.390 e. The predicted molar refractivity (Wildman–Crippen MR) is 181 cm³/mol. The number of fused-ring (bicyclic) bond motifs is 1. The molecule has 0 bridgehead atoms. The van der Waals surface area contributed by atoms with Crippen molar-refractivity contribution in [3.05, 3.63) is 74.2 Å². The summed E-state index contributed by atoms with van der Waals surface area (Å²) in [6.45, 7) is 14.3. The highest BCUT2D eigenvalue weighted by molar-refractivity contribution is 5.66. The standard InChI is InChI=1S/C36H53N5O4/c1-25-11-15-30(45-22-8-21-38-33-18-14-29(39-40-37)24-34(33)41(43)44)23-28(25)13-12-27-10-7-20-36(5)31(16-17-32(27)36)26(2)9-6-19-35(3,4)42/h12-14,18,24,26,30-32,38,42H,1,6-11,15-17,19-23H2,2-5H3/b27-12+,28-13-/t26-,30+,31-,32?,36-/m1/s1. The number of nitrogens with zero attached hydrogens (tertiary/aromatic N) is 4. The van der Waals surface area contributed by atoms with Crippen LogP contribution >= 0.6 is 0 Å². The van der Waals surface area contributed by atoms with Gasteiger partial charge in [-0.1, -0.05) is 67.7 Å². The van der Waals surface area contributed by atoms with E-state index in [1.54, 1.807) is 17.7 Å². The van der Waals surface area contributed by atoms with Gasteiger partial charge < -0.3 is 15.2 Å². The lowest BCUT2D eigenvalue weighted by atomic mass is 9.60. The average Bonchev–Trinajstić information content (AvgIpc) is 3.34. The van der Waals surface area contributed by atoms with Crippen LogP contribution in [0.3, 0.4) is 0 Å². The highest BCUT2D eigenvalue weighted by Crippen LogP contribution is 2.60. The highest BCUT2D eigenvalue weighted by atomic mass is 16.6. The molecule has 9 nitrogen and oxygen atoms in total. The number of hydrogen-bond donors (Lipinski definition) is 2. The van der Waals surface area contributed by atoms with Crippen molar-refractivity contribution in [3.8, 4) is 0 Å². The number of azide groups is 1. The van der Waals surface area contributed by atoms with E-state index in [-0.39, 0.29) is 17.5 Å². The number of nitrogens with one attached hydrogen (secondary N) is 1. The summed E-state index contributed by atoms with van der Waals surface area (Å²) in [7, 11) is 0. The van der Waals surface area contributed by atoms with Gasteiger partial charge in [-0.05, 0) is 118 Å². The number of hydrogen-bond acceptors (Lipinski definition) is 6. The zero-order valence-corrected chi connectivity index (χ0v) is 27.8. The highest BCUT2D eigenvalue weighted by Gasteiger charge is 2.50. The second kappa shape index (κ2) is 15.4. The van der Waals surface area contributed by atoms with Gasteiger partial charge in [0.05, 0.1) is 16.6 Å². The van der Waals surface area contributed by atoms with Crippen molar-refractivity contribution in [3.63, 3.8) is 0 Å². The smallest absolute Gasteiger partial charge is 0.292 e. The van der Waals surface area contributed by atoms with Gasteiger partial charge in [0.15, 0.2) is 0 Å². The van der Waals surface area contributed by atoms with Crippen LogP contribution in [0.15, 0.2) is 58.8 Å². The summed E-state index contributed by atoms with van der Waals surface area (Å²) in [6, 6.07) is 4.41. The Bertz CT molecular complexity index is 1320. The Hall–Kier alpha value is -3.13. The number of aliphatic hydroxyl groups is 1. The van der Waals surface area contributed by atoms with Gasteiger partial charge in [0.1, 0.15) is 5.69 Å². The Labute approximate surface area is 269 Å². The van der Waals surface area contributed by atoms with E-state index in [9.17, 15) is 15.2 Å². The van der Waals surface area contributed by atoms with Crippen molar-refractivity contribution >= 4 is 17.1 Å². The molecule has 0 aromatic heterocycles. The fraction of sp³-hybridized carbons (Fsp3) is 0.667. The summed E-state index contributed by atoms with van der Waals surface area (Å²) in [6.07, 6.45) is 17.9. The zero-order chi connectivity index (χ0) is 32.6. The molecule has 0 spiro atoms. The molecule has 5 atom stereocenters. The second-order valence-electron chi connectivity index (χ2n) is 14.5. The molecule has 3 aliphatic rings. The van der Waals surface area contributed by atoms with E-state index < -0.39 is 10.5 Å². The molecule has 1 aromatic carbocycles. The predicted octanol–water partition coefficient (Wildman–Crippen LogP) is 10.1. The van der Waals surface area contributed by atoms with Gasteiger partial charge in [-0.15, -0.1) is 0 Å². The zero-order valence-electron chi connectivity index (χ0n) is 27.8. The third-order valence-corrected chi connectivity index (χ3v) is 10.7. The molecule has 3 aliphatic carbocycles. The first kappa shape index (κ1) is 34.7. The lowest BCUT2D eigenvalue weighted by molar-refractivity contribution is -0.383. The first-order valence-corrected chi connectivity index (χ1v) is 16.9. The maximum absolute atomic E-state index is 11.4. The van der Waals surface area contributed by atoms with Gasteiger partial charge in [0.2, 0.25) is 0 Å². The van der Waals surface area contributed by atoms with Crippen LogP contribution in [0.2, 0.25) is 0 Å². The van der Waals surface area contributed by atoms with Crippen LogP contribution in [0.1, 0.15) is 105 Å². The lowest BCUT2D eigenvalue weighted by Gasteiger charge is -2.44. The second-order valence-corrected chi connectivity index (χ2v) is 14.5. The summed E-state index contributed by atoms with van der Waals surface area (Å²) in [4.78, 5) is 13.7. The number of ether oxygens (including phenoxy) is 1. The average molecular weight is 620 g/mol. The molecule has 246 valence electrons. The lowest BCUT2D eigenvalue weighted by Crippen LogP contribution is -2.36. The van der Waals surface area contributed by atoms with E-state index in [4.69, 9.17) is 10.3 Å². The fourth-order valence-electron chi connectivity index (χ4n) is 8.27. The van der Waals surface area contributed by atoms with E-state index in [0.29, 0.717) is 42.5 Å². The monoisotopic (exact) mass is 619 g/mol. The van der Waals surface area contributed by atoms with Crippen LogP contribution in [-0.4, -0.2) is 34.9 Å². The van der Waals surface area contributed by atoms with Crippen LogP contribution in [-0.2, 0) is 4.74 Å². The maximum atomic E-state index is 11.4. The number of nitro benzene ring substituents is 1. The van der Waals surface area contributed by atoms with Crippen LogP contribution < -0.4 is 5.32 Å². The largest absolute Gasteiger partial charge is 0.390 e. The summed E-state index contributed by atoms with van der Waals surface area (Å²) < 4.78 is 6.25. The Morgan fingerprint density at radius 2 is 2.09 bits per heavy atom. The molecule has 0 radical (unpaired) electrons. The molecule has 1 unspecified atom stereocenters. The molecule has 0 amide bonds. The molecule has 45 heavy (non-hydrogen) atoms. The van der Waals surface area contributed by atoms with E-state index in [0.717, 1.165) is 38.0 Å². The maximum Gasteiger partial charge on any atom is 0.292 e. The van der Waals surface area contributed by atoms with Crippen LogP contribution in [0.25, 0.3) is 10.4 Å². The van der Waals surface area contributed by atoms with E-state index in [2.05, 4.69) is 47.9 Å². The molecule has 0 heterocycles. The normalized spacial score (nSPS) is 27.7. The SMILES string of the molecule is C=C1CC[C@H](OCCCNc2ccc(N=[N+]=[N-])cc2[N+](=O)[O-])C/C1=C/C=C1\CCC[C@@]2(C)C1CC[C@@H]2[C@H](C)CCCC(C)(C)O. The Morgan fingerprint density at radius 1 is 1.29 bits per heavy atom. The fourth-order valence-corrected chi connectivity index (χ4v) is 8.27. The van der Waals surface area contributed by atoms with Gasteiger partial charge >= 0.3 is 0 Å². The van der Waals surface area contributed by atoms with Crippen LogP contribution in [0, 0.1) is 33.3 Å². The molecule has 4 rings (SSSR count). The summed E-state index contributed by atoms with van der Waals surface area (Å²) >= 11 is 0. The Kier molecular flexibility index (Phi) is 11.9. The van der Waals surface area contributed by atoms with E-state index in [1.807, 2.05) is 13.8 Å². The number of nitro groups is 1. The molecule has 1 aromatic rings. The summed E-state index contributed by atoms with van der Waals surface area (Å²) in [5, 5.41) is 28.2. The van der Waals surface area contributed by atoms with Crippen molar-refractivity contribution in [1.29, 1.82) is 0 Å². The van der Waals surface area contributed by atoms with Crippen LogP contribution in [0.5, 0.6) is 0 Å². The molecule has 2 N–H and O–H groups in total. The topological polar surface area (TPSA) is 133 Å². The van der Waals surface area contributed by atoms with Gasteiger partial charge in [0, 0.05) is 29.8 Å². The van der Waals surface area contributed by atoms with Gasteiger partial charge in [0.25, 0.3) is 5.69 Å². The molecule has 0 aliphatic heterocycles. The molecule has 3 saturated carbocycles. The first-order chi connectivity index (χ1) is 21.4. The van der Waals surface area contributed by atoms with Crippen molar-refractivity contribution in [1.82, 2.24) is 0 Å². The van der Waals surface area contributed by atoms with E-state index in [1.165, 1.54) is 55.7 Å². The van der Waals surface area contributed by atoms with Crippen molar-refractivity contribution in [2.45, 2.75) is 116 Å². The number of allylic oxidation sites excluding steroid dienone is 4. The van der Waals surface area contributed by atoms with Gasteiger partial charge in [-0.25, -0.2) is 0 Å². The summed E-state index contributed by atoms with van der Waals surface area (Å²) in [5.74, 6) is 2.10. The first-order valence-electron chi connectivity index (χ1n) is 16.9. The molecular formula is C36H53N5O4. The van der Waals surface area contributed by atoms with Crippen molar-refractivity contribution < 1.29 is 14.8 Å². The van der Waals surface area contributed by atoms with Gasteiger partial charge in [-0.2, -0.15) is 0 Å². The van der Waals surface area contributed by atoms with Crippen molar-refractivity contribution in [2.75, 3.05) is 18.5 Å². The van der Waals surface area contributed by atoms with Crippen LogP contribution in [0.4, 0.5) is 17.1 Å². The molecule has 0 saturated heterocycles. The Balaban J connectivity index is 1.29. The summed E-state index contributed by atoms with van der Waals surface area (Å²) in [5.41, 5.74) is 13.0. The third-order valence-electron chi connectivity index (χ3n) is 10.7. The number of benzene rings is 1. The minimum atomic E-state index is -0.574.